The second-order valence-corrected chi connectivity index (χ2v) is 10.1. The van der Waals surface area contributed by atoms with Crippen LogP contribution >= 0.6 is 23.2 Å². The lowest BCUT2D eigenvalue weighted by atomic mass is 9.90. The molecule has 1 unspecified atom stereocenters. The molecule has 1 atom stereocenters. The van der Waals surface area contributed by atoms with E-state index in [2.05, 4.69) is 72.8 Å². The number of nitrogens with zero attached hydrogens (tertiary/aromatic N) is 1. The minimum absolute atomic E-state index is 0.0178. The van der Waals surface area contributed by atoms with Crippen LogP contribution in [-0.4, -0.2) is 16.8 Å². The number of hydrogen-bond acceptors (Lipinski definition) is 1. The highest BCUT2D eigenvalue weighted by Gasteiger charge is 2.33. The van der Waals surface area contributed by atoms with Gasteiger partial charge < -0.3 is 4.90 Å². The van der Waals surface area contributed by atoms with Crippen LogP contribution in [0.15, 0.2) is 91.0 Å². The topological polar surface area (TPSA) is 20.3 Å². The Kier molecular flexibility index (Phi) is 5.44. The molecule has 1 amide bonds. The van der Waals surface area contributed by atoms with E-state index < -0.39 is 4.84 Å². The Bertz CT molecular complexity index is 1560. The predicted octanol–water partition coefficient (Wildman–Crippen LogP) is 7.84. The Morgan fingerprint density at radius 1 is 0.794 bits per heavy atom. The number of carbonyl (C=O) groups excluding carboxylic acids is 1. The molecule has 0 bridgehead atoms. The summed E-state index contributed by atoms with van der Waals surface area (Å²) in [5.41, 5.74) is 3.29. The molecular weight excluding hydrogens is 461 g/mol. The number of halogens is 2. The molecule has 34 heavy (non-hydrogen) atoms. The fourth-order valence-electron chi connectivity index (χ4n) is 5.48. The maximum atomic E-state index is 13.0. The number of rotatable bonds is 3. The Morgan fingerprint density at radius 3 is 2.29 bits per heavy atom. The lowest BCUT2D eigenvalue weighted by molar-refractivity contribution is -0.117. The average molecular weight is 484 g/mol. The third-order valence-electron chi connectivity index (χ3n) is 7.07. The number of alkyl halides is 2. The fourth-order valence-corrected chi connectivity index (χ4v) is 5.69. The van der Waals surface area contributed by atoms with Gasteiger partial charge in [-0.15, -0.1) is 0 Å². The van der Waals surface area contributed by atoms with Gasteiger partial charge in [0.2, 0.25) is 0 Å². The van der Waals surface area contributed by atoms with E-state index in [1.54, 1.807) is 0 Å². The van der Waals surface area contributed by atoms with Crippen LogP contribution in [0.3, 0.4) is 0 Å². The minimum Gasteiger partial charge on any atom is -0.306 e. The van der Waals surface area contributed by atoms with Crippen molar-refractivity contribution >= 4 is 67.1 Å². The Labute approximate surface area is 208 Å². The summed E-state index contributed by atoms with van der Waals surface area (Å²) in [7, 11) is 0. The number of amides is 1. The molecule has 1 aliphatic rings. The van der Waals surface area contributed by atoms with Gasteiger partial charge in [-0.3, -0.25) is 4.79 Å². The second kappa shape index (κ2) is 8.61. The van der Waals surface area contributed by atoms with Gasteiger partial charge in [-0.05, 0) is 68.8 Å². The SMILES string of the molecule is O=C(C(Cl)Cl)N1c2ccccc2CCC1Cc1ccc2c(ccc3c4ccccc4ccc23)c1. The van der Waals surface area contributed by atoms with Gasteiger partial charge >= 0.3 is 0 Å². The van der Waals surface area contributed by atoms with E-state index in [1.165, 1.54) is 43.4 Å². The number of hydrogen-bond donors (Lipinski definition) is 0. The average Bonchev–Trinajstić information content (AvgIpc) is 2.87. The molecular formula is C30H23Cl2NO. The van der Waals surface area contributed by atoms with E-state index in [0.29, 0.717) is 0 Å². The van der Waals surface area contributed by atoms with Crippen LogP contribution in [0.4, 0.5) is 5.69 Å². The number of aryl methyl sites for hydroxylation is 1. The van der Waals surface area contributed by atoms with Crippen LogP contribution in [0.1, 0.15) is 17.5 Å². The van der Waals surface area contributed by atoms with E-state index in [9.17, 15) is 4.79 Å². The molecule has 0 fully saturated rings. The van der Waals surface area contributed by atoms with Gasteiger partial charge in [0.05, 0.1) is 0 Å². The molecule has 0 aromatic heterocycles. The molecule has 5 aromatic rings. The standard InChI is InChI=1S/C30H23Cl2NO/c31-29(32)30(34)33-23(13-10-21-6-2-4-8-28(21)33)18-19-9-14-25-22(17-19)12-16-26-24-7-3-1-5-20(24)11-15-27(25)26/h1-9,11-12,14-17,23,29H,10,13,18H2. The lowest BCUT2D eigenvalue weighted by Gasteiger charge is -2.38. The van der Waals surface area contributed by atoms with Crippen molar-refractivity contribution in [2.45, 2.75) is 30.1 Å². The fraction of sp³-hybridized carbons (Fsp3) is 0.167. The van der Waals surface area contributed by atoms with Gasteiger partial charge in [0.1, 0.15) is 0 Å². The van der Waals surface area contributed by atoms with Crippen LogP contribution in [0.2, 0.25) is 0 Å². The lowest BCUT2D eigenvalue weighted by Crippen LogP contribution is -2.47. The Morgan fingerprint density at radius 2 is 1.47 bits per heavy atom. The van der Waals surface area contributed by atoms with Gasteiger partial charge in [0, 0.05) is 11.7 Å². The molecule has 0 radical (unpaired) electrons. The van der Waals surface area contributed by atoms with E-state index in [1.807, 2.05) is 23.1 Å². The zero-order chi connectivity index (χ0) is 23.2. The highest BCUT2D eigenvalue weighted by atomic mass is 35.5. The summed E-state index contributed by atoms with van der Waals surface area (Å²) in [4.78, 5) is 13.7. The van der Waals surface area contributed by atoms with Gasteiger partial charge in [-0.25, -0.2) is 0 Å². The Hall–Kier alpha value is -3.07. The molecule has 1 heterocycles. The van der Waals surface area contributed by atoms with Crippen molar-refractivity contribution in [3.8, 4) is 0 Å². The third-order valence-corrected chi connectivity index (χ3v) is 7.44. The molecule has 6 rings (SSSR count). The van der Waals surface area contributed by atoms with E-state index in [-0.39, 0.29) is 11.9 Å². The number of anilines is 1. The van der Waals surface area contributed by atoms with Crippen LogP contribution in [0.25, 0.3) is 32.3 Å². The van der Waals surface area contributed by atoms with E-state index in [0.717, 1.165) is 24.9 Å². The number of para-hydroxylation sites is 1. The maximum Gasteiger partial charge on any atom is 0.260 e. The van der Waals surface area contributed by atoms with Crippen molar-refractivity contribution < 1.29 is 4.79 Å². The Balaban J connectivity index is 1.39. The van der Waals surface area contributed by atoms with Gasteiger partial charge in [-0.1, -0.05) is 108 Å². The van der Waals surface area contributed by atoms with Crippen LogP contribution in [-0.2, 0) is 17.6 Å². The molecule has 4 heteroatoms. The van der Waals surface area contributed by atoms with Crippen LogP contribution in [0, 0.1) is 0 Å². The van der Waals surface area contributed by atoms with Crippen molar-refractivity contribution in [2.24, 2.45) is 0 Å². The maximum absolute atomic E-state index is 13.0. The molecule has 0 saturated heterocycles. The molecule has 2 nitrogen and oxygen atoms in total. The van der Waals surface area contributed by atoms with Crippen LogP contribution < -0.4 is 4.90 Å². The van der Waals surface area contributed by atoms with Crippen molar-refractivity contribution in [2.75, 3.05) is 4.90 Å². The molecule has 168 valence electrons. The van der Waals surface area contributed by atoms with Crippen molar-refractivity contribution in [3.63, 3.8) is 0 Å². The first-order valence-corrected chi connectivity index (χ1v) is 12.5. The minimum atomic E-state index is -1.08. The largest absolute Gasteiger partial charge is 0.306 e. The predicted molar refractivity (Wildman–Crippen MR) is 144 cm³/mol. The molecule has 0 N–H and O–H groups in total. The van der Waals surface area contributed by atoms with Crippen molar-refractivity contribution in [3.05, 3.63) is 102 Å². The van der Waals surface area contributed by atoms with Crippen LogP contribution in [0.5, 0.6) is 0 Å². The normalized spacial score (nSPS) is 15.9. The first-order chi connectivity index (χ1) is 16.6. The molecule has 0 spiro atoms. The summed E-state index contributed by atoms with van der Waals surface area (Å²) >= 11 is 12.1. The summed E-state index contributed by atoms with van der Waals surface area (Å²) in [6, 6.07) is 32.1. The quantitative estimate of drug-likeness (QED) is 0.189. The highest BCUT2D eigenvalue weighted by molar-refractivity contribution is 6.54. The summed E-state index contributed by atoms with van der Waals surface area (Å²) in [5, 5.41) is 7.52. The third kappa shape index (κ3) is 3.62. The molecule has 1 aliphatic heterocycles. The first kappa shape index (κ1) is 21.5. The molecule has 0 saturated carbocycles. The number of fused-ring (bicyclic) bond motifs is 6. The summed E-state index contributed by atoms with van der Waals surface area (Å²) in [5.74, 6) is -0.251. The van der Waals surface area contributed by atoms with E-state index in [4.69, 9.17) is 23.2 Å². The summed E-state index contributed by atoms with van der Waals surface area (Å²) < 4.78 is 0. The summed E-state index contributed by atoms with van der Waals surface area (Å²) in [6.07, 6.45) is 2.57. The summed E-state index contributed by atoms with van der Waals surface area (Å²) in [6.45, 7) is 0. The van der Waals surface area contributed by atoms with Gasteiger partial charge in [0.25, 0.3) is 5.91 Å². The first-order valence-electron chi connectivity index (χ1n) is 11.6. The van der Waals surface area contributed by atoms with Crippen molar-refractivity contribution in [1.82, 2.24) is 0 Å². The zero-order valence-corrected chi connectivity index (χ0v) is 20.1. The molecule has 5 aromatic carbocycles. The monoisotopic (exact) mass is 483 g/mol. The van der Waals surface area contributed by atoms with Crippen molar-refractivity contribution in [1.29, 1.82) is 0 Å². The number of carbonyl (C=O) groups is 1. The highest BCUT2D eigenvalue weighted by Crippen LogP contribution is 2.35. The number of benzene rings is 5. The second-order valence-electron chi connectivity index (χ2n) is 9.04. The smallest absolute Gasteiger partial charge is 0.260 e. The van der Waals surface area contributed by atoms with Gasteiger partial charge in [0.15, 0.2) is 4.84 Å². The van der Waals surface area contributed by atoms with E-state index >= 15 is 0 Å². The molecule has 0 aliphatic carbocycles. The van der Waals surface area contributed by atoms with Gasteiger partial charge in [-0.2, -0.15) is 0 Å². The zero-order valence-electron chi connectivity index (χ0n) is 18.5.